The predicted octanol–water partition coefficient (Wildman–Crippen LogP) is 2.65. The van der Waals surface area contributed by atoms with Crippen molar-refractivity contribution in [3.05, 3.63) is 18.3 Å². The molecular weight excluding hydrogens is 282 g/mol. The molecule has 0 aliphatic rings. The quantitative estimate of drug-likeness (QED) is 0.649. The van der Waals surface area contributed by atoms with Crippen LogP contribution in [0.1, 0.15) is 19.3 Å². The molecule has 0 saturated heterocycles. The Morgan fingerprint density at radius 2 is 2.18 bits per heavy atom. The molecule has 1 heterocycles. The number of unbranched alkanes of at least 4 members (excludes halogenated alkanes) is 1. The van der Waals surface area contributed by atoms with E-state index in [2.05, 4.69) is 26.2 Å². The highest BCUT2D eigenvalue weighted by molar-refractivity contribution is 9.09. The number of anilines is 2. The number of nitrogens with one attached hydrogen (secondary N) is 1. The van der Waals surface area contributed by atoms with Crippen molar-refractivity contribution in [2.75, 3.05) is 29.6 Å². The van der Waals surface area contributed by atoms with Gasteiger partial charge in [-0.05, 0) is 25.0 Å². The molecule has 4 nitrogen and oxygen atoms in total. The van der Waals surface area contributed by atoms with Crippen molar-refractivity contribution in [2.45, 2.75) is 19.3 Å². The van der Waals surface area contributed by atoms with Gasteiger partial charge in [-0.3, -0.25) is 4.79 Å². The van der Waals surface area contributed by atoms with E-state index in [4.69, 9.17) is 0 Å². The maximum atomic E-state index is 11.5. The van der Waals surface area contributed by atoms with Crippen molar-refractivity contribution in [3.63, 3.8) is 0 Å². The SMILES string of the molecule is CN(C)c1ccc(NC(=O)CCCCBr)cn1. The highest BCUT2D eigenvalue weighted by Crippen LogP contribution is 2.12. The summed E-state index contributed by atoms with van der Waals surface area (Å²) in [5.74, 6) is 0.924. The van der Waals surface area contributed by atoms with Crippen molar-refractivity contribution in [1.29, 1.82) is 0 Å². The molecule has 5 heteroatoms. The highest BCUT2D eigenvalue weighted by atomic mass is 79.9. The van der Waals surface area contributed by atoms with Crippen LogP contribution < -0.4 is 10.2 Å². The zero-order valence-corrected chi connectivity index (χ0v) is 11.8. The molecule has 0 radical (unpaired) electrons. The summed E-state index contributed by atoms with van der Waals surface area (Å²) in [5.41, 5.74) is 0.749. The van der Waals surface area contributed by atoms with Gasteiger partial charge in [-0.2, -0.15) is 0 Å². The molecule has 17 heavy (non-hydrogen) atoms. The van der Waals surface area contributed by atoms with Crippen molar-refractivity contribution < 1.29 is 4.79 Å². The fraction of sp³-hybridized carbons (Fsp3) is 0.500. The number of nitrogens with zero attached hydrogens (tertiary/aromatic N) is 2. The van der Waals surface area contributed by atoms with Crippen LogP contribution in [0.25, 0.3) is 0 Å². The normalized spacial score (nSPS) is 10.1. The van der Waals surface area contributed by atoms with E-state index in [-0.39, 0.29) is 5.91 Å². The lowest BCUT2D eigenvalue weighted by molar-refractivity contribution is -0.116. The Morgan fingerprint density at radius 1 is 1.41 bits per heavy atom. The van der Waals surface area contributed by atoms with E-state index in [9.17, 15) is 4.79 Å². The molecule has 0 aliphatic carbocycles. The van der Waals surface area contributed by atoms with E-state index in [0.29, 0.717) is 6.42 Å². The first kappa shape index (κ1) is 14.0. The lowest BCUT2D eigenvalue weighted by Crippen LogP contribution is -2.13. The fourth-order valence-electron chi connectivity index (χ4n) is 1.33. The van der Waals surface area contributed by atoms with E-state index >= 15 is 0 Å². The molecule has 1 N–H and O–H groups in total. The van der Waals surface area contributed by atoms with E-state index in [1.54, 1.807) is 6.20 Å². The van der Waals surface area contributed by atoms with Crippen LogP contribution in [0.4, 0.5) is 11.5 Å². The number of halogens is 1. The van der Waals surface area contributed by atoms with Crippen LogP contribution in [0.3, 0.4) is 0 Å². The molecule has 94 valence electrons. The number of carbonyl (C=O) groups excluding carboxylic acids is 1. The standard InChI is InChI=1S/C12H18BrN3O/c1-16(2)11-7-6-10(9-14-11)15-12(17)5-3-4-8-13/h6-7,9H,3-5,8H2,1-2H3,(H,15,17). The number of hydrogen-bond donors (Lipinski definition) is 1. The van der Waals surface area contributed by atoms with Crippen molar-refractivity contribution in [2.24, 2.45) is 0 Å². The summed E-state index contributed by atoms with van der Waals surface area (Å²) in [5, 5.41) is 3.78. The zero-order chi connectivity index (χ0) is 12.7. The predicted molar refractivity (Wildman–Crippen MR) is 74.8 cm³/mol. The Morgan fingerprint density at radius 3 is 2.71 bits per heavy atom. The van der Waals surface area contributed by atoms with Crippen LogP contribution in [-0.2, 0) is 4.79 Å². The van der Waals surface area contributed by atoms with Gasteiger partial charge in [-0.15, -0.1) is 0 Å². The Bertz CT molecular complexity index is 351. The average molecular weight is 300 g/mol. The molecule has 1 aromatic rings. The molecule has 1 rings (SSSR count). The van der Waals surface area contributed by atoms with Crippen LogP contribution >= 0.6 is 15.9 Å². The number of pyridine rings is 1. The molecule has 0 aliphatic heterocycles. The topological polar surface area (TPSA) is 45.2 Å². The minimum Gasteiger partial charge on any atom is -0.363 e. The molecule has 0 unspecified atom stereocenters. The number of aromatic nitrogens is 1. The van der Waals surface area contributed by atoms with E-state index in [1.165, 1.54) is 0 Å². The molecule has 0 atom stereocenters. The van der Waals surface area contributed by atoms with Crippen LogP contribution in [0.5, 0.6) is 0 Å². The monoisotopic (exact) mass is 299 g/mol. The number of hydrogen-bond acceptors (Lipinski definition) is 3. The first-order valence-electron chi connectivity index (χ1n) is 5.62. The lowest BCUT2D eigenvalue weighted by atomic mass is 10.2. The molecule has 0 bridgehead atoms. The zero-order valence-electron chi connectivity index (χ0n) is 10.2. The average Bonchev–Trinajstić information content (AvgIpc) is 2.30. The van der Waals surface area contributed by atoms with Crippen LogP contribution in [0.15, 0.2) is 18.3 Å². The fourth-order valence-corrected chi connectivity index (χ4v) is 1.72. The Kier molecular flexibility index (Phi) is 5.97. The van der Waals surface area contributed by atoms with Gasteiger partial charge >= 0.3 is 0 Å². The second kappa shape index (κ2) is 7.27. The third kappa shape index (κ3) is 5.17. The van der Waals surface area contributed by atoms with Gasteiger partial charge in [-0.25, -0.2) is 4.98 Å². The maximum Gasteiger partial charge on any atom is 0.224 e. The summed E-state index contributed by atoms with van der Waals surface area (Å²) < 4.78 is 0. The maximum absolute atomic E-state index is 11.5. The number of alkyl halides is 1. The van der Waals surface area contributed by atoms with Crippen molar-refractivity contribution >= 4 is 33.3 Å². The van der Waals surface area contributed by atoms with Crippen LogP contribution in [-0.4, -0.2) is 30.3 Å². The third-order valence-electron chi connectivity index (χ3n) is 2.28. The van der Waals surface area contributed by atoms with Crippen LogP contribution in [0, 0.1) is 0 Å². The molecule has 0 saturated carbocycles. The minimum atomic E-state index is 0.0466. The molecule has 0 spiro atoms. The Hall–Kier alpha value is -1.10. The summed E-state index contributed by atoms with van der Waals surface area (Å²) in [6.07, 6.45) is 4.16. The van der Waals surface area contributed by atoms with Gasteiger partial charge in [0.1, 0.15) is 5.82 Å². The summed E-state index contributed by atoms with van der Waals surface area (Å²) in [6, 6.07) is 3.75. The molecule has 0 aromatic carbocycles. The first-order chi connectivity index (χ1) is 8.13. The molecular formula is C12H18BrN3O. The lowest BCUT2D eigenvalue weighted by Gasteiger charge is -2.11. The largest absolute Gasteiger partial charge is 0.363 e. The number of rotatable bonds is 6. The third-order valence-corrected chi connectivity index (χ3v) is 2.84. The van der Waals surface area contributed by atoms with E-state index < -0.39 is 0 Å². The second-order valence-electron chi connectivity index (χ2n) is 3.99. The van der Waals surface area contributed by atoms with Gasteiger partial charge in [0.25, 0.3) is 0 Å². The summed E-state index contributed by atoms with van der Waals surface area (Å²) in [7, 11) is 3.86. The highest BCUT2D eigenvalue weighted by Gasteiger charge is 2.03. The first-order valence-corrected chi connectivity index (χ1v) is 6.75. The van der Waals surface area contributed by atoms with E-state index in [0.717, 1.165) is 29.7 Å². The second-order valence-corrected chi connectivity index (χ2v) is 4.79. The van der Waals surface area contributed by atoms with Gasteiger partial charge in [0.15, 0.2) is 0 Å². The number of amides is 1. The van der Waals surface area contributed by atoms with Gasteiger partial charge in [0, 0.05) is 25.8 Å². The molecule has 0 fully saturated rings. The molecule has 1 amide bonds. The Labute approximate surface area is 111 Å². The van der Waals surface area contributed by atoms with Crippen molar-refractivity contribution in [3.8, 4) is 0 Å². The summed E-state index contributed by atoms with van der Waals surface area (Å²) in [6.45, 7) is 0. The van der Waals surface area contributed by atoms with Gasteiger partial charge < -0.3 is 10.2 Å². The van der Waals surface area contributed by atoms with Gasteiger partial charge in [0.05, 0.1) is 11.9 Å². The smallest absolute Gasteiger partial charge is 0.224 e. The van der Waals surface area contributed by atoms with E-state index in [1.807, 2.05) is 31.1 Å². The molecule has 1 aromatic heterocycles. The number of carbonyl (C=O) groups is 1. The summed E-state index contributed by atoms with van der Waals surface area (Å²) >= 11 is 3.34. The van der Waals surface area contributed by atoms with Crippen molar-refractivity contribution in [1.82, 2.24) is 4.98 Å². The van der Waals surface area contributed by atoms with Gasteiger partial charge in [-0.1, -0.05) is 15.9 Å². The Balaban J connectivity index is 2.43. The van der Waals surface area contributed by atoms with Crippen LogP contribution in [0.2, 0.25) is 0 Å². The van der Waals surface area contributed by atoms with Gasteiger partial charge in [0.2, 0.25) is 5.91 Å². The minimum absolute atomic E-state index is 0.0466. The summed E-state index contributed by atoms with van der Waals surface area (Å²) in [4.78, 5) is 17.7.